The Hall–Kier alpha value is -1.17. The van der Waals surface area contributed by atoms with Crippen LogP contribution in [0.5, 0.6) is 0 Å². The fourth-order valence-electron chi connectivity index (χ4n) is 3.57. The monoisotopic (exact) mass is 514 g/mol. The maximum Gasteiger partial charge on any atom is 0.321 e. The first-order valence-corrected chi connectivity index (χ1v) is 18.2. The van der Waals surface area contributed by atoms with Crippen LogP contribution in [0.15, 0.2) is 11.8 Å². The van der Waals surface area contributed by atoms with Crippen molar-refractivity contribution in [1.29, 1.82) is 0 Å². The van der Waals surface area contributed by atoms with Gasteiger partial charge in [0.1, 0.15) is 0 Å². The van der Waals surface area contributed by atoms with Crippen molar-refractivity contribution in [1.82, 2.24) is 10.6 Å². The molecule has 1 aliphatic rings. The SMILES string of the molecule is CO/C=C(\C)C(=O)NC(=O)N[C@H]1C[C@H](O[Si](C)(C)C(C)(C)C)[C@@H](CO[Si](C)(C)C(C)(C)C)[C@@H]1C. The van der Waals surface area contributed by atoms with Crippen molar-refractivity contribution in [2.24, 2.45) is 11.8 Å². The molecule has 1 rings (SSSR count). The molecule has 0 aromatic rings. The van der Waals surface area contributed by atoms with E-state index in [4.69, 9.17) is 13.6 Å². The van der Waals surface area contributed by atoms with Gasteiger partial charge in [-0.25, -0.2) is 4.79 Å². The lowest BCUT2D eigenvalue weighted by molar-refractivity contribution is -0.116. The van der Waals surface area contributed by atoms with Gasteiger partial charge >= 0.3 is 6.03 Å². The molecule has 0 spiro atoms. The van der Waals surface area contributed by atoms with Crippen molar-refractivity contribution in [2.75, 3.05) is 13.7 Å². The largest absolute Gasteiger partial charge is 0.504 e. The van der Waals surface area contributed by atoms with Crippen LogP contribution in [0.3, 0.4) is 0 Å². The summed E-state index contributed by atoms with van der Waals surface area (Å²) in [6.45, 7) is 26.9. The maximum atomic E-state index is 12.6. The van der Waals surface area contributed by atoms with Crippen LogP contribution in [0.1, 0.15) is 61.8 Å². The van der Waals surface area contributed by atoms with E-state index < -0.39 is 28.6 Å². The lowest BCUT2D eigenvalue weighted by atomic mass is 9.96. The molecule has 198 valence electrons. The summed E-state index contributed by atoms with van der Waals surface area (Å²) in [7, 11) is -2.49. The minimum absolute atomic E-state index is 0.00298. The number of imide groups is 1. The average molecular weight is 515 g/mol. The van der Waals surface area contributed by atoms with Crippen LogP contribution in [0.2, 0.25) is 36.3 Å². The van der Waals surface area contributed by atoms with Crippen LogP contribution in [-0.2, 0) is 18.4 Å². The molecule has 1 fully saturated rings. The smallest absolute Gasteiger partial charge is 0.321 e. The molecule has 1 saturated carbocycles. The highest BCUT2D eigenvalue weighted by molar-refractivity contribution is 6.74. The summed E-state index contributed by atoms with van der Waals surface area (Å²) < 4.78 is 18.4. The van der Waals surface area contributed by atoms with E-state index in [1.165, 1.54) is 13.4 Å². The van der Waals surface area contributed by atoms with Gasteiger partial charge in [0.15, 0.2) is 16.6 Å². The first kappa shape index (κ1) is 30.9. The number of carbonyl (C=O) groups is 2. The summed E-state index contributed by atoms with van der Waals surface area (Å²) in [4.78, 5) is 24.8. The summed E-state index contributed by atoms with van der Waals surface area (Å²) >= 11 is 0. The second kappa shape index (κ2) is 11.3. The molecule has 0 aliphatic heterocycles. The van der Waals surface area contributed by atoms with Crippen LogP contribution >= 0.6 is 0 Å². The highest BCUT2D eigenvalue weighted by Gasteiger charge is 2.48. The predicted octanol–water partition coefficient (Wildman–Crippen LogP) is 5.80. The highest BCUT2D eigenvalue weighted by atomic mass is 28.4. The van der Waals surface area contributed by atoms with Gasteiger partial charge in [-0.1, -0.05) is 48.5 Å². The Labute approximate surface area is 210 Å². The summed E-state index contributed by atoms with van der Waals surface area (Å²) in [5.41, 5.74) is 0.330. The molecule has 2 N–H and O–H groups in total. The third-order valence-corrected chi connectivity index (χ3v) is 17.2. The Morgan fingerprint density at radius 3 is 2.00 bits per heavy atom. The second-order valence-electron chi connectivity index (χ2n) is 12.8. The lowest BCUT2D eigenvalue weighted by Gasteiger charge is -2.41. The van der Waals surface area contributed by atoms with Crippen LogP contribution in [-0.4, -0.2) is 54.4 Å². The van der Waals surface area contributed by atoms with E-state index in [1.807, 2.05) is 0 Å². The minimum Gasteiger partial charge on any atom is -0.504 e. The molecule has 9 heteroatoms. The second-order valence-corrected chi connectivity index (χ2v) is 22.4. The Bertz CT molecular complexity index is 753. The molecule has 7 nitrogen and oxygen atoms in total. The number of rotatable bonds is 8. The van der Waals surface area contributed by atoms with Crippen molar-refractivity contribution in [2.45, 2.75) is 110 Å². The van der Waals surface area contributed by atoms with E-state index >= 15 is 0 Å². The molecule has 0 aromatic carbocycles. The molecule has 3 amide bonds. The average Bonchev–Trinajstić information content (AvgIpc) is 2.92. The standard InChI is InChI=1S/C25H50N2O5Si2/c1-17(15-30-9)22(28)27-23(29)26-20-14-21(32-34(12,13)25(6,7)8)19(18(20)2)16-31-33(10,11)24(3,4)5/h15,18-21H,14,16H2,1-13H3,(H2,26,27,28,29)/b17-15+/t18-,19-,20-,21-/m0/s1. The van der Waals surface area contributed by atoms with Crippen LogP contribution in [0.25, 0.3) is 0 Å². The topological polar surface area (TPSA) is 85.9 Å². The third kappa shape index (κ3) is 7.93. The van der Waals surface area contributed by atoms with Crippen molar-refractivity contribution in [3.8, 4) is 0 Å². The highest BCUT2D eigenvalue weighted by Crippen LogP contribution is 2.44. The number of urea groups is 1. The molecule has 0 bridgehead atoms. The summed E-state index contributed by atoms with van der Waals surface area (Å²) in [5.74, 6) is -0.160. The van der Waals surface area contributed by atoms with E-state index in [2.05, 4.69) is 85.3 Å². The van der Waals surface area contributed by atoms with Crippen LogP contribution in [0.4, 0.5) is 4.79 Å². The first-order valence-electron chi connectivity index (χ1n) is 12.4. The number of amides is 3. The fourth-order valence-corrected chi connectivity index (χ4v) is 6.00. The van der Waals surface area contributed by atoms with Crippen LogP contribution in [0, 0.1) is 11.8 Å². The number of hydrogen-bond donors (Lipinski definition) is 2. The van der Waals surface area contributed by atoms with E-state index in [0.717, 1.165) is 0 Å². The number of nitrogens with one attached hydrogen (secondary N) is 2. The van der Waals surface area contributed by atoms with Gasteiger partial charge < -0.3 is 18.9 Å². The Morgan fingerprint density at radius 2 is 1.53 bits per heavy atom. The Balaban J connectivity index is 3.05. The van der Waals surface area contributed by atoms with Gasteiger partial charge in [0.2, 0.25) is 0 Å². The van der Waals surface area contributed by atoms with Crippen molar-refractivity contribution >= 4 is 28.6 Å². The summed E-state index contributed by atoms with van der Waals surface area (Å²) in [6.07, 6.45) is 2.02. The minimum atomic E-state index is -2.02. The molecule has 0 radical (unpaired) electrons. The van der Waals surface area contributed by atoms with Gasteiger partial charge in [-0.05, 0) is 55.5 Å². The summed E-state index contributed by atoms with van der Waals surface area (Å²) in [6, 6.07) is -0.606. The van der Waals surface area contributed by atoms with Gasteiger partial charge in [-0.2, -0.15) is 0 Å². The van der Waals surface area contributed by atoms with E-state index in [9.17, 15) is 9.59 Å². The van der Waals surface area contributed by atoms with Crippen molar-refractivity contribution < 1.29 is 23.2 Å². The molecule has 0 saturated heterocycles. The normalized spacial score (nSPS) is 24.7. The Morgan fingerprint density at radius 1 is 1.00 bits per heavy atom. The lowest BCUT2D eigenvalue weighted by Crippen LogP contribution is -2.47. The maximum absolute atomic E-state index is 12.6. The molecule has 0 unspecified atom stereocenters. The van der Waals surface area contributed by atoms with E-state index in [-0.39, 0.29) is 34.1 Å². The zero-order chi connectivity index (χ0) is 26.7. The van der Waals surface area contributed by atoms with Gasteiger partial charge in [0.05, 0.1) is 19.5 Å². The van der Waals surface area contributed by atoms with Crippen molar-refractivity contribution in [3.05, 3.63) is 11.8 Å². The third-order valence-electron chi connectivity index (χ3n) is 8.17. The van der Waals surface area contributed by atoms with Gasteiger partial charge in [0, 0.05) is 24.1 Å². The zero-order valence-electron chi connectivity index (χ0n) is 23.8. The van der Waals surface area contributed by atoms with Gasteiger partial charge in [0.25, 0.3) is 5.91 Å². The number of hydrogen-bond acceptors (Lipinski definition) is 5. The number of methoxy groups -OCH3 is 1. The van der Waals surface area contributed by atoms with E-state index in [1.54, 1.807) is 6.92 Å². The molecular weight excluding hydrogens is 464 g/mol. The molecule has 4 atom stereocenters. The van der Waals surface area contributed by atoms with Crippen LogP contribution < -0.4 is 10.6 Å². The zero-order valence-corrected chi connectivity index (χ0v) is 25.8. The van der Waals surface area contributed by atoms with Gasteiger partial charge in [-0.3, -0.25) is 10.1 Å². The van der Waals surface area contributed by atoms with Gasteiger partial charge in [-0.15, -0.1) is 0 Å². The van der Waals surface area contributed by atoms with E-state index in [0.29, 0.717) is 18.6 Å². The molecular formula is C25H50N2O5Si2. The number of carbonyl (C=O) groups excluding carboxylic acids is 2. The fraction of sp³-hybridized carbons (Fsp3) is 0.840. The molecule has 0 heterocycles. The predicted molar refractivity (Wildman–Crippen MR) is 144 cm³/mol. The molecule has 1 aliphatic carbocycles. The quantitative estimate of drug-likeness (QED) is 0.243. The molecule has 0 aromatic heterocycles. The number of ether oxygens (including phenoxy) is 1. The van der Waals surface area contributed by atoms with Crippen molar-refractivity contribution in [3.63, 3.8) is 0 Å². The summed E-state index contributed by atoms with van der Waals surface area (Å²) in [5, 5.41) is 5.62. The first-order chi connectivity index (χ1) is 15.2. The molecule has 34 heavy (non-hydrogen) atoms. The Kier molecular flexibility index (Phi) is 10.2.